The van der Waals surface area contributed by atoms with Gasteiger partial charge in [0, 0.05) is 12.6 Å². The van der Waals surface area contributed by atoms with Crippen LogP contribution < -0.4 is 0 Å². The summed E-state index contributed by atoms with van der Waals surface area (Å²) < 4.78 is 22.4. The number of sulfone groups is 1. The van der Waals surface area contributed by atoms with E-state index in [0.29, 0.717) is 17.5 Å². The standard InChI is InChI=1S/C10H19NO2S/c1-3-4-7-11(2)10-5-8-14(12,13)9-6-10/h3-4,10H,5-9H2,1-2H3. The summed E-state index contributed by atoms with van der Waals surface area (Å²) in [7, 11) is -0.656. The van der Waals surface area contributed by atoms with Crippen molar-refractivity contribution in [1.82, 2.24) is 4.90 Å². The first-order valence-electron chi connectivity index (χ1n) is 5.07. The van der Waals surface area contributed by atoms with Crippen molar-refractivity contribution >= 4 is 9.84 Å². The lowest BCUT2D eigenvalue weighted by atomic mass is 10.1. The van der Waals surface area contributed by atoms with E-state index in [4.69, 9.17) is 0 Å². The third-order valence-corrected chi connectivity index (χ3v) is 4.49. The topological polar surface area (TPSA) is 37.4 Å². The van der Waals surface area contributed by atoms with E-state index in [1.165, 1.54) is 0 Å². The molecule has 1 aliphatic rings. The molecule has 0 aromatic heterocycles. The highest BCUT2D eigenvalue weighted by atomic mass is 32.2. The summed E-state index contributed by atoms with van der Waals surface area (Å²) >= 11 is 0. The molecule has 82 valence electrons. The van der Waals surface area contributed by atoms with Crippen LogP contribution in [-0.4, -0.2) is 44.5 Å². The zero-order valence-electron chi connectivity index (χ0n) is 8.94. The molecule has 0 amide bonds. The molecule has 0 N–H and O–H groups in total. The molecule has 0 unspecified atom stereocenters. The summed E-state index contributed by atoms with van der Waals surface area (Å²) in [6, 6.07) is 0.440. The van der Waals surface area contributed by atoms with E-state index < -0.39 is 9.84 Å². The minimum atomic E-state index is -2.71. The first-order chi connectivity index (χ1) is 6.55. The van der Waals surface area contributed by atoms with Gasteiger partial charge in [-0.05, 0) is 26.8 Å². The fraction of sp³-hybridized carbons (Fsp3) is 0.800. The third kappa shape index (κ3) is 3.42. The van der Waals surface area contributed by atoms with Crippen LogP contribution >= 0.6 is 0 Å². The molecule has 0 saturated carbocycles. The van der Waals surface area contributed by atoms with Gasteiger partial charge < -0.3 is 0 Å². The van der Waals surface area contributed by atoms with Crippen molar-refractivity contribution in [2.45, 2.75) is 25.8 Å². The van der Waals surface area contributed by atoms with Crippen LogP contribution in [0, 0.1) is 0 Å². The van der Waals surface area contributed by atoms with Crippen molar-refractivity contribution in [3.05, 3.63) is 12.2 Å². The second kappa shape index (κ2) is 4.94. The van der Waals surface area contributed by atoms with E-state index in [1.807, 2.05) is 13.0 Å². The van der Waals surface area contributed by atoms with Crippen LogP contribution in [0.15, 0.2) is 12.2 Å². The predicted octanol–water partition coefficient (Wildman–Crippen LogP) is 1.07. The fourth-order valence-electron chi connectivity index (χ4n) is 1.74. The van der Waals surface area contributed by atoms with Crippen LogP contribution in [0.25, 0.3) is 0 Å². The van der Waals surface area contributed by atoms with Gasteiger partial charge >= 0.3 is 0 Å². The maximum absolute atomic E-state index is 11.2. The van der Waals surface area contributed by atoms with Gasteiger partial charge in [-0.15, -0.1) is 0 Å². The van der Waals surface area contributed by atoms with Crippen LogP contribution in [0.3, 0.4) is 0 Å². The summed E-state index contributed by atoms with van der Waals surface area (Å²) in [4.78, 5) is 2.23. The molecule has 0 aromatic carbocycles. The molecule has 0 spiro atoms. The molecule has 1 saturated heterocycles. The van der Waals surface area contributed by atoms with Crippen LogP contribution in [-0.2, 0) is 9.84 Å². The monoisotopic (exact) mass is 217 g/mol. The molecule has 0 aromatic rings. The maximum Gasteiger partial charge on any atom is 0.150 e. The maximum atomic E-state index is 11.2. The second-order valence-corrected chi connectivity index (χ2v) is 6.20. The van der Waals surface area contributed by atoms with Crippen molar-refractivity contribution in [2.24, 2.45) is 0 Å². The van der Waals surface area contributed by atoms with Gasteiger partial charge in [-0.2, -0.15) is 0 Å². The average Bonchev–Trinajstić information content (AvgIpc) is 2.14. The van der Waals surface area contributed by atoms with Gasteiger partial charge in [0.15, 0.2) is 0 Å². The summed E-state index contributed by atoms with van der Waals surface area (Å²) in [5, 5.41) is 0. The Morgan fingerprint density at radius 3 is 2.43 bits per heavy atom. The zero-order valence-corrected chi connectivity index (χ0v) is 9.76. The Balaban J connectivity index is 2.41. The average molecular weight is 217 g/mol. The van der Waals surface area contributed by atoms with Gasteiger partial charge in [0.1, 0.15) is 9.84 Å². The molecule has 1 rings (SSSR count). The molecular formula is C10H19NO2S. The molecule has 3 nitrogen and oxygen atoms in total. The smallest absolute Gasteiger partial charge is 0.150 e. The molecule has 0 atom stereocenters. The SMILES string of the molecule is CC=CCN(C)C1CCS(=O)(=O)CC1. The van der Waals surface area contributed by atoms with Gasteiger partial charge in [0.2, 0.25) is 0 Å². The molecule has 1 fully saturated rings. The Morgan fingerprint density at radius 2 is 1.93 bits per heavy atom. The Kier molecular flexibility index (Phi) is 4.13. The Hall–Kier alpha value is -0.350. The largest absolute Gasteiger partial charge is 0.300 e. The molecule has 0 aliphatic carbocycles. The van der Waals surface area contributed by atoms with Crippen LogP contribution in [0.5, 0.6) is 0 Å². The highest BCUT2D eigenvalue weighted by Crippen LogP contribution is 2.16. The van der Waals surface area contributed by atoms with Crippen molar-refractivity contribution in [3.8, 4) is 0 Å². The van der Waals surface area contributed by atoms with Gasteiger partial charge in [-0.1, -0.05) is 12.2 Å². The lowest BCUT2D eigenvalue weighted by molar-refractivity contribution is 0.249. The molecule has 14 heavy (non-hydrogen) atoms. The van der Waals surface area contributed by atoms with E-state index in [1.54, 1.807) is 0 Å². The first kappa shape index (κ1) is 11.7. The van der Waals surface area contributed by atoms with Crippen molar-refractivity contribution in [3.63, 3.8) is 0 Å². The number of hydrogen-bond donors (Lipinski definition) is 0. The quantitative estimate of drug-likeness (QED) is 0.664. The van der Waals surface area contributed by atoms with Crippen LogP contribution in [0.4, 0.5) is 0 Å². The van der Waals surface area contributed by atoms with E-state index in [2.05, 4.69) is 18.0 Å². The minimum absolute atomic E-state index is 0.359. The summed E-state index contributed by atoms with van der Waals surface area (Å²) in [5.74, 6) is 0.718. The number of rotatable bonds is 3. The van der Waals surface area contributed by atoms with Gasteiger partial charge in [0.05, 0.1) is 11.5 Å². The van der Waals surface area contributed by atoms with Crippen LogP contribution in [0.2, 0.25) is 0 Å². The van der Waals surface area contributed by atoms with E-state index in [-0.39, 0.29) is 0 Å². The highest BCUT2D eigenvalue weighted by Gasteiger charge is 2.25. The lowest BCUT2D eigenvalue weighted by Gasteiger charge is -2.30. The van der Waals surface area contributed by atoms with Gasteiger partial charge in [-0.25, -0.2) is 8.42 Å². The molecule has 1 aliphatic heterocycles. The van der Waals surface area contributed by atoms with Crippen molar-refractivity contribution in [2.75, 3.05) is 25.1 Å². The summed E-state index contributed by atoms with van der Waals surface area (Å²) in [6.45, 7) is 2.92. The highest BCUT2D eigenvalue weighted by molar-refractivity contribution is 7.91. The number of nitrogens with zero attached hydrogens (tertiary/aromatic N) is 1. The van der Waals surface area contributed by atoms with Crippen molar-refractivity contribution < 1.29 is 8.42 Å². The zero-order chi connectivity index (χ0) is 10.6. The van der Waals surface area contributed by atoms with Gasteiger partial charge in [0.25, 0.3) is 0 Å². The number of hydrogen-bond acceptors (Lipinski definition) is 3. The molecule has 4 heteroatoms. The predicted molar refractivity (Wildman–Crippen MR) is 59.1 cm³/mol. The van der Waals surface area contributed by atoms with E-state index in [0.717, 1.165) is 19.4 Å². The van der Waals surface area contributed by atoms with Crippen molar-refractivity contribution in [1.29, 1.82) is 0 Å². The minimum Gasteiger partial charge on any atom is -0.300 e. The third-order valence-electron chi connectivity index (χ3n) is 2.78. The lowest BCUT2D eigenvalue weighted by Crippen LogP contribution is -2.38. The Bertz CT molecular complexity index is 281. The molecule has 0 radical (unpaired) electrons. The first-order valence-corrected chi connectivity index (χ1v) is 6.89. The van der Waals surface area contributed by atoms with E-state index >= 15 is 0 Å². The van der Waals surface area contributed by atoms with Gasteiger partial charge in [-0.3, -0.25) is 4.90 Å². The summed E-state index contributed by atoms with van der Waals surface area (Å²) in [5.41, 5.74) is 0. The fourth-order valence-corrected chi connectivity index (χ4v) is 3.21. The molecule has 0 bridgehead atoms. The summed E-state index contributed by atoms with van der Waals surface area (Å²) in [6.07, 6.45) is 5.70. The Labute approximate surface area is 86.7 Å². The number of likely N-dealkylation sites (N-methyl/N-ethyl adjacent to an activating group) is 1. The van der Waals surface area contributed by atoms with E-state index in [9.17, 15) is 8.42 Å². The number of allylic oxidation sites excluding steroid dienone is 1. The molecule has 1 heterocycles. The van der Waals surface area contributed by atoms with Crippen LogP contribution in [0.1, 0.15) is 19.8 Å². The normalized spacial score (nSPS) is 23.4. The molecular weight excluding hydrogens is 198 g/mol. The second-order valence-electron chi connectivity index (χ2n) is 3.89. The Morgan fingerprint density at radius 1 is 1.36 bits per heavy atom.